The Morgan fingerprint density at radius 1 is 1.53 bits per heavy atom. The lowest BCUT2D eigenvalue weighted by atomic mass is 9.95. The van der Waals surface area contributed by atoms with Crippen molar-refractivity contribution in [1.29, 1.82) is 0 Å². The molecule has 2 aliphatic rings. The van der Waals surface area contributed by atoms with Crippen molar-refractivity contribution in [1.82, 2.24) is 4.90 Å². The fourth-order valence-electron chi connectivity index (χ4n) is 2.99. The number of fused-ring (bicyclic) bond motifs is 1. The third-order valence-corrected chi connectivity index (χ3v) is 4.12. The van der Waals surface area contributed by atoms with E-state index in [9.17, 15) is 4.39 Å². The van der Waals surface area contributed by atoms with Crippen LogP contribution in [0.5, 0.6) is 0 Å². The van der Waals surface area contributed by atoms with E-state index in [0.29, 0.717) is 0 Å². The van der Waals surface area contributed by atoms with E-state index < -0.39 is 0 Å². The van der Waals surface area contributed by atoms with Gasteiger partial charge in [-0.3, -0.25) is 0 Å². The highest BCUT2D eigenvalue weighted by molar-refractivity contribution is 6.30. The number of rotatable bonds is 1. The van der Waals surface area contributed by atoms with E-state index in [1.807, 2.05) is 6.07 Å². The molecule has 0 spiro atoms. The summed E-state index contributed by atoms with van der Waals surface area (Å²) in [5, 5.41) is 0.221. The third-order valence-electron chi connectivity index (χ3n) is 3.81. The molecule has 0 aromatic heterocycles. The molecular formula is C12H13ClFN. The minimum Gasteiger partial charge on any atom is -0.305 e. The predicted molar refractivity (Wildman–Crippen MR) is 58.7 cm³/mol. The molecule has 1 aromatic carbocycles. The van der Waals surface area contributed by atoms with Gasteiger partial charge in [-0.25, -0.2) is 4.39 Å². The normalized spacial score (nSPS) is 34.2. The summed E-state index contributed by atoms with van der Waals surface area (Å²) in [7, 11) is 2.13. The summed E-state index contributed by atoms with van der Waals surface area (Å²) in [5.74, 6) is 0.437. The second-order valence-corrected chi connectivity index (χ2v) is 5.29. The van der Waals surface area contributed by atoms with Crippen molar-refractivity contribution in [3.05, 3.63) is 34.6 Å². The van der Waals surface area contributed by atoms with Gasteiger partial charge in [-0.15, -0.1) is 0 Å². The molecule has 3 rings (SSSR count). The molecule has 1 aliphatic heterocycles. The highest BCUT2D eigenvalue weighted by atomic mass is 35.5. The van der Waals surface area contributed by atoms with Gasteiger partial charge in [-0.2, -0.15) is 0 Å². The van der Waals surface area contributed by atoms with E-state index in [0.717, 1.165) is 24.6 Å². The fraction of sp³-hybridized carbons (Fsp3) is 0.500. The van der Waals surface area contributed by atoms with Crippen molar-refractivity contribution < 1.29 is 4.39 Å². The molecule has 1 nitrogen and oxygen atoms in total. The molecule has 2 atom stereocenters. The zero-order valence-electron chi connectivity index (χ0n) is 8.63. The minimum absolute atomic E-state index is 0.221. The quantitative estimate of drug-likeness (QED) is 0.711. The van der Waals surface area contributed by atoms with Crippen LogP contribution in [0, 0.1) is 11.7 Å². The molecular weight excluding hydrogens is 213 g/mol. The largest absolute Gasteiger partial charge is 0.305 e. The van der Waals surface area contributed by atoms with Gasteiger partial charge in [-0.1, -0.05) is 17.7 Å². The van der Waals surface area contributed by atoms with Gasteiger partial charge in [0.05, 0.1) is 5.02 Å². The molecule has 1 heterocycles. The van der Waals surface area contributed by atoms with Crippen molar-refractivity contribution in [3.63, 3.8) is 0 Å². The highest BCUT2D eigenvalue weighted by Crippen LogP contribution is 2.58. The van der Waals surface area contributed by atoms with Gasteiger partial charge >= 0.3 is 0 Å². The maximum Gasteiger partial charge on any atom is 0.142 e. The number of piperidine rings is 1. The number of halogens is 2. The second-order valence-electron chi connectivity index (χ2n) is 4.88. The summed E-state index contributed by atoms with van der Waals surface area (Å²) in [6.45, 7) is 2.20. The van der Waals surface area contributed by atoms with E-state index in [1.165, 1.54) is 6.42 Å². The SMILES string of the molecule is CN1C[C@H]2C[C@@]2(c2ccc(Cl)c(F)c2)C1. The molecule has 1 saturated carbocycles. The predicted octanol–water partition coefficient (Wildman–Crippen LogP) is 2.68. The van der Waals surface area contributed by atoms with Crippen LogP contribution in [0.15, 0.2) is 18.2 Å². The zero-order chi connectivity index (χ0) is 10.6. The summed E-state index contributed by atoms with van der Waals surface area (Å²) in [4.78, 5) is 2.32. The Kier molecular flexibility index (Phi) is 1.89. The maximum absolute atomic E-state index is 13.4. The van der Waals surface area contributed by atoms with Gasteiger partial charge in [0, 0.05) is 18.5 Å². The van der Waals surface area contributed by atoms with E-state index in [-0.39, 0.29) is 16.3 Å². The van der Waals surface area contributed by atoms with Crippen LogP contribution >= 0.6 is 11.6 Å². The topological polar surface area (TPSA) is 3.24 Å². The van der Waals surface area contributed by atoms with Crippen LogP contribution in [-0.4, -0.2) is 25.0 Å². The summed E-state index contributed by atoms with van der Waals surface area (Å²) >= 11 is 5.69. The summed E-state index contributed by atoms with van der Waals surface area (Å²) in [5.41, 5.74) is 1.36. The summed E-state index contributed by atoms with van der Waals surface area (Å²) in [6.07, 6.45) is 1.21. The molecule has 1 aromatic rings. The van der Waals surface area contributed by atoms with Crippen molar-refractivity contribution in [3.8, 4) is 0 Å². The molecule has 1 saturated heterocycles. The fourth-order valence-corrected chi connectivity index (χ4v) is 3.10. The number of likely N-dealkylation sites (N-methyl/N-ethyl adjacent to an activating group) is 1. The van der Waals surface area contributed by atoms with Crippen molar-refractivity contribution in [2.75, 3.05) is 20.1 Å². The lowest BCUT2D eigenvalue weighted by Gasteiger charge is -2.16. The van der Waals surface area contributed by atoms with Crippen LogP contribution in [0.25, 0.3) is 0 Å². The van der Waals surface area contributed by atoms with Gasteiger partial charge < -0.3 is 4.90 Å². The molecule has 80 valence electrons. The molecule has 1 aliphatic carbocycles. The molecule has 2 fully saturated rings. The number of hydrogen-bond acceptors (Lipinski definition) is 1. The van der Waals surface area contributed by atoms with Crippen LogP contribution in [0.2, 0.25) is 5.02 Å². The molecule has 0 bridgehead atoms. The molecule has 0 unspecified atom stereocenters. The van der Waals surface area contributed by atoms with Crippen LogP contribution in [-0.2, 0) is 5.41 Å². The first-order chi connectivity index (χ1) is 7.12. The first kappa shape index (κ1) is 9.61. The van der Waals surface area contributed by atoms with Gasteiger partial charge in [0.25, 0.3) is 0 Å². The van der Waals surface area contributed by atoms with Gasteiger partial charge in [0.15, 0.2) is 0 Å². The molecule has 15 heavy (non-hydrogen) atoms. The number of nitrogens with zero attached hydrogens (tertiary/aromatic N) is 1. The third kappa shape index (κ3) is 1.31. The van der Waals surface area contributed by atoms with Crippen LogP contribution < -0.4 is 0 Å². The molecule has 3 heteroatoms. The minimum atomic E-state index is -0.288. The van der Waals surface area contributed by atoms with Crippen molar-refractivity contribution in [2.24, 2.45) is 5.92 Å². The lowest BCUT2D eigenvalue weighted by molar-refractivity contribution is 0.363. The van der Waals surface area contributed by atoms with Gasteiger partial charge in [0.1, 0.15) is 5.82 Å². The Balaban J connectivity index is 1.97. The highest BCUT2D eigenvalue weighted by Gasteiger charge is 2.59. The second kappa shape index (κ2) is 2.96. The number of likely N-dealkylation sites (tertiary alicyclic amines) is 1. The Hall–Kier alpha value is -0.600. The Morgan fingerprint density at radius 3 is 2.93 bits per heavy atom. The molecule has 0 amide bonds. The summed E-state index contributed by atoms with van der Waals surface area (Å²) < 4.78 is 13.4. The van der Waals surface area contributed by atoms with E-state index in [1.54, 1.807) is 12.1 Å². The average molecular weight is 226 g/mol. The maximum atomic E-state index is 13.4. The van der Waals surface area contributed by atoms with Crippen LogP contribution in [0.1, 0.15) is 12.0 Å². The number of hydrogen-bond donors (Lipinski definition) is 0. The average Bonchev–Trinajstić information content (AvgIpc) is 2.75. The lowest BCUT2D eigenvalue weighted by Crippen LogP contribution is -2.22. The molecule has 0 radical (unpaired) electrons. The number of benzene rings is 1. The Labute approximate surface area is 93.8 Å². The van der Waals surface area contributed by atoms with Crippen molar-refractivity contribution in [2.45, 2.75) is 11.8 Å². The van der Waals surface area contributed by atoms with Crippen molar-refractivity contribution >= 4 is 11.6 Å². The molecule has 0 N–H and O–H groups in total. The van der Waals surface area contributed by atoms with Crippen LogP contribution in [0.3, 0.4) is 0 Å². The standard InChI is InChI=1S/C12H13ClFN/c1-15-6-9-5-12(9,7-15)8-2-3-10(13)11(14)4-8/h2-4,9H,5-7H2,1H3/t9-,12+/m1/s1. The van der Waals surface area contributed by atoms with E-state index in [2.05, 4.69) is 11.9 Å². The Morgan fingerprint density at radius 2 is 2.33 bits per heavy atom. The smallest absolute Gasteiger partial charge is 0.142 e. The zero-order valence-corrected chi connectivity index (χ0v) is 9.39. The monoisotopic (exact) mass is 225 g/mol. The Bertz CT molecular complexity index is 420. The van der Waals surface area contributed by atoms with E-state index >= 15 is 0 Å². The van der Waals surface area contributed by atoms with Crippen LogP contribution in [0.4, 0.5) is 4.39 Å². The van der Waals surface area contributed by atoms with E-state index in [4.69, 9.17) is 11.6 Å². The van der Waals surface area contributed by atoms with Gasteiger partial charge in [0.2, 0.25) is 0 Å². The first-order valence-electron chi connectivity index (χ1n) is 5.26. The first-order valence-corrected chi connectivity index (χ1v) is 5.64. The summed E-state index contributed by atoms with van der Waals surface area (Å²) in [6, 6.07) is 5.26. The van der Waals surface area contributed by atoms with Gasteiger partial charge in [-0.05, 0) is 37.1 Å².